The number of carbonyl (C=O) groups excluding carboxylic acids is 1. The maximum atomic E-state index is 13.5. The van der Waals surface area contributed by atoms with E-state index in [1.807, 2.05) is 30.9 Å². The van der Waals surface area contributed by atoms with Crippen molar-refractivity contribution in [3.05, 3.63) is 23.3 Å². The lowest BCUT2D eigenvalue weighted by Crippen LogP contribution is -2.55. The third-order valence-corrected chi connectivity index (χ3v) is 6.87. The maximum Gasteiger partial charge on any atom is 0.322 e. The predicted molar refractivity (Wildman–Crippen MR) is 128 cm³/mol. The second-order valence-corrected chi connectivity index (χ2v) is 9.30. The highest BCUT2D eigenvalue weighted by atomic mass is 32.1. The molecule has 10 nitrogen and oxygen atoms in total. The molecular formula is C21H26FN9OS. The molecule has 3 aromatic heterocycles. The number of nitrogens with zero attached hydrogens (tertiary/aromatic N) is 7. The number of thiazole rings is 1. The first-order valence-corrected chi connectivity index (χ1v) is 11.8. The van der Waals surface area contributed by atoms with Gasteiger partial charge in [-0.05, 0) is 32.4 Å². The largest absolute Gasteiger partial charge is 0.368 e. The fourth-order valence-corrected chi connectivity index (χ4v) is 5.06. The van der Waals surface area contributed by atoms with E-state index >= 15 is 0 Å². The van der Waals surface area contributed by atoms with Crippen molar-refractivity contribution < 1.29 is 9.18 Å². The number of hydrogen-bond acceptors (Lipinski definition) is 9. The zero-order valence-corrected chi connectivity index (χ0v) is 19.3. The van der Waals surface area contributed by atoms with Crippen molar-refractivity contribution in [2.45, 2.75) is 32.5 Å². The molecule has 2 saturated heterocycles. The Balaban J connectivity index is 1.25. The Morgan fingerprint density at radius 1 is 1.21 bits per heavy atom. The van der Waals surface area contributed by atoms with E-state index in [1.54, 1.807) is 10.4 Å². The summed E-state index contributed by atoms with van der Waals surface area (Å²) in [5.74, 6) is 1.67. The van der Waals surface area contributed by atoms with Gasteiger partial charge in [0.25, 0.3) is 0 Å². The van der Waals surface area contributed by atoms with E-state index in [0.29, 0.717) is 56.3 Å². The zero-order valence-electron chi connectivity index (χ0n) is 18.5. The van der Waals surface area contributed by atoms with Gasteiger partial charge in [0.15, 0.2) is 10.6 Å². The second-order valence-electron chi connectivity index (χ2n) is 8.46. The fraction of sp³-hybridized carbons (Fsp3) is 0.476. The summed E-state index contributed by atoms with van der Waals surface area (Å²) in [6, 6.07) is 3.52. The Kier molecular flexibility index (Phi) is 5.60. The van der Waals surface area contributed by atoms with Crippen LogP contribution in [0.2, 0.25) is 0 Å². The minimum absolute atomic E-state index is 0.0223. The van der Waals surface area contributed by atoms with Crippen molar-refractivity contribution >= 4 is 51.0 Å². The Morgan fingerprint density at radius 2 is 2.06 bits per heavy atom. The molecule has 174 valence electrons. The number of fused-ring (bicyclic) bond motifs is 1. The first-order valence-electron chi connectivity index (χ1n) is 10.9. The number of halogens is 1. The molecule has 0 bridgehead atoms. The summed E-state index contributed by atoms with van der Waals surface area (Å²) in [6.07, 6.45) is -0.281. The van der Waals surface area contributed by atoms with E-state index in [1.165, 1.54) is 11.3 Å². The third kappa shape index (κ3) is 4.22. The summed E-state index contributed by atoms with van der Waals surface area (Å²) in [6.45, 7) is 6.58. The molecule has 0 saturated carbocycles. The van der Waals surface area contributed by atoms with Gasteiger partial charge in [-0.1, -0.05) is 0 Å². The minimum atomic E-state index is -0.808. The molecule has 2 aliphatic heterocycles. The molecule has 33 heavy (non-hydrogen) atoms. The van der Waals surface area contributed by atoms with Crippen LogP contribution in [-0.2, 0) is 0 Å². The van der Waals surface area contributed by atoms with Crippen LogP contribution in [-0.4, -0.2) is 75.8 Å². The van der Waals surface area contributed by atoms with Gasteiger partial charge < -0.3 is 25.8 Å². The Labute approximate surface area is 194 Å². The van der Waals surface area contributed by atoms with Crippen molar-refractivity contribution in [1.82, 2.24) is 24.8 Å². The van der Waals surface area contributed by atoms with Crippen LogP contribution in [0, 0.1) is 6.92 Å². The van der Waals surface area contributed by atoms with Crippen LogP contribution >= 0.6 is 11.3 Å². The number of amides is 2. The lowest BCUT2D eigenvalue weighted by molar-refractivity contribution is 0.200. The van der Waals surface area contributed by atoms with Crippen LogP contribution < -0.4 is 20.9 Å². The summed E-state index contributed by atoms with van der Waals surface area (Å²) in [5.41, 5.74) is 9.73. The number of aryl methyl sites for hydroxylation is 1. The van der Waals surface area contributed by atoms with Gasteiger partial charge in [0.05, 0.1) is 23.4 Å². The Hall–Kier alpha value is -3.28. The summed E-state index contributed by atoms with van der Waals surface area (Å²) < 4.78 is 13.5. The summed E-state index contributed by atoms with van der Waals surface area (Å²) in [5, 5.41) is 2.97. The number of piperazine rings is 1. The highest BCUT2D eigenvalue weighted by Gasteiger charge is 2.30. The molecular weight excluding hydrogens is 445 g/mol. The molecule has 2 atom stereocenters. The number of nitrogens with two attached hydrogens (primary N) is 1. The van der Waals surface area contributed by atoms with E-state index < -0.39 is 6.17 Å². The molecule has 2 amide bonds. The lowest BCUT2D eigenvalue weighted by atomic mass is 10.2. The standard InChI is InChI=1S/C21H26FN9OS/c1-12-9-30(7-8-31(12)18-17-19(33-11-24-17)28-20(23)27-18)21(32)26-15-3-4-16(25-13(15)2)29-6-5-14(22)10-29/h3-4,11-12,14H,5-10H2,1-2H3,(H,26,32)(H2,23,27,28)/t12?,14-/m0/s1. The Bertz CT molecular complexity index is 1190. The van der Waals surface area contributed by atoms with Gasteiger partial charge in [0.1, 0.15) is 17.5 Å². The molecule has 3 aromatic rings. The average Bonchev–Trinajstić information content (AvgIpc) is 3.43. The van der Waals surface area contributed by atoms with Crippen molar-refractivity contribution in [1.29, 1.82) is 0 Å². The number of nitrogen functional groups attached to an aromatic ring is 1. The summed E-state index contributed by atoms with van der Waals surface area (Å²) in [7, 11) is 0. The molecule has 12 heteroatoms. The molecule has 0 aliphatic carbocycles. The summed E-state index contributed by atoms with van der Waals surface area (Å²) in [4.78, 5) is 37.2. The van der Waals surface area contributed by atoms with Crippen molar-refractivity contribution in [3.63, 3.8) is 0 Å². The van der Waals surface area contributed by atoms with Crippen LogP contribution in [0.3, 0.4) is 0 Å². The molecule has 2 fully saturated rings. The molecule has 2 aliphatic rings. The van der Waals surface area contributed by atoms with Crippen LogP contribution in [0.15, 0.2) is 17.6 Å². The van der Waals surface area contributed by atoms with Gasteiger partial charge in [-0.3, -0.25) is 0 Å². The highest BCUT2D eigenvalue weighted by Crippen LogP contribution is 2.29. The number of alkyl halides is 1. The van der Waals surface area contributed by atoms with Crippen LogP contribution in [0.5, 0.6) is 0 Å². The van der Waals surface area contributed by atoms with E-state index in [2.05, 4.69) is 30.2 Å². The molecule has 0 radical (unpaired) electrons. The number of nitrogens with one attached hydrogen (secondary N) is 1. The minimum Gasteiger partial charge on any atom is -0.368 e. The van der Waals surface area contributed by atoms with Crippen LogP contribution in [0.4, 0.5) is 32.5 Å². The van der Waals surface area contributed by atoms with Crippen molar-refractivity contribution in [2.75, 3.05) is 53.6 Å². The molecule has 0 spiro atoms. The van der Waals surface area contributed by atoms with Crippen molar-refractivity contribution in [2.24, 2.45) is 0 Å². The number of urea groups is 1. The highest BCUT2D eigenvalue weighted by molar-refractivity contribution is 7.16. The van der Waals surface area contributed by atoms with Gasteiger partial charge >= 0.3 is 6.03 Å². The number of carbonyl (C=O) groups is 1. The van der Waals surface area contributed by atoms with Crippen LogP contribution in [0.1, 0.15) is 19.0 Å². The number of pyridine rings is 1. The first kappa shape index (κ1) is 21.6. The van der Waals surface area contributed by atoms with Gasteiger partial charge in [-0.15, -0.1) is 11.3 Å². The molecule has 3 N–H and O–H groups in total. The maximum absolute atomic E-state index is 13.5. The monoisotopic (exact) mass is 471 g/mol. The lowest BCUT2D eigenvalue weighted by Gasteiger charge is -2.40. The van der Waals surface area contributed by atoms with E-state index in [-0.39, 0.29) is 18.0 Å². The van der Waals surface area contributed by atoms with Gasteiger partial charge in [-0.25, -0.2) is 24.1 Å². The van der Waals surface area contributed by atoms with Gasteiger partial charge in [-0.2, -0.15) is 4.98 Å². The van der Waals surface area contributed by atoms with E-state index in [4.69, 9.17) is 5.73 Å². The van der Waals surface area contributed by atoms with Crippen LogP contribution in [0.25, 0.3) is 10.3 Å². The van der Waals surface area contributed by atoms with E-state index in [9.17, 15) is 9.18 Å². The average molecular weight is 472 g/mol. The molecule has 5 heterocycles. The number of rotatable bonds is 3. The molecule has 5 rings (SSSR count). The third-order valence-electron chi connectivity index (χ3n) is 6.15. The number of anilines is 4. The Morgan fingerprint density at radius 3 is 2.79 bits per heavy atom. The normalized spacial score (nSPS) is 21.1. The molecule has 1 unspecified atom stereocenters. The molecule has 0 aromatic carbocycles. The number of hydrogen-bond donors (Lipinski definition) is 2. The quantitative estimate of drug-likeness (QED) is 0.599. The summed E-state index contributed by atoms with van der Waals surface area (Å²) >= 11 is 1.43. The fourth-order valence-electron chi connectivity index (χ4n) is 4.40. The topological polar surface area (TPSA) is 116 Å². The first-order chi connectivity index (χ1) is 15.9. The van der Waals surface area contributed by atoms with Crippen molar-refractivity contribution in [3.8, 4) is 0 Å². The smallest absolute Gasteiger partial charge is 0.322 e. The SMILES string of the molecule is Cc1nc(N2CC[C@H](F)C2)ccc1NC(=O)N1CCN(c2nc(N)nc3scnc23)C(C)C1. The van der Waals surface area contributed by atoms with Gasteiger partial charge in [0.2, 0.25) is 5.95 Å². The predicted octanol–water partition coefficient (Wildman–Crippen LogP) is 2.66. The zero-order chi connectivity index (χ0) is 23.1. The number of aromatic nitrogens is 4. The second kappa shape index (κ2) is 8.58. The van der Waals surface area contributed by atoms with E-state index in [0.717, 1.165) is 16.2 Å². The van der Waals surface area contributed by atoms with Gasteiger partial charge in [0, 0.05) is 32.2 Å².